The summed E-state index contributed by atoms with van der Waals surface area (Å²) >= 11 is 0. The molecule has 0 bridgehead atoms. The molecule has 5 nitrogen and oxygen atoms in total. The van der Waals surface area contributed by atoms with Crippen molar-refractivity contribution in [2.45, 2.75) is 45.1 Å². The van der Waals surface area contributed by atoms with Gasteiger partial charge in [0.1, 0.15) is 5.60 Å². The summed E-state index contributed by atoms with van der Waals surface area (Å²) in [5, 5.41) is 0. The summed E-state index contributed by atoms with van der Waals surface area (Å²) < 4.78 is 5.39. The second-order valence-corrected chi connectivity index (χ2v) is 6.18. The molecule has 0 aliphatic carbocycles. The molecule has 1 unspecified atom stereocenters. The second kappa shape index (κ2) is 4.30. The lowest BCUT2D eigenvalue weighted by Crippen LogP contribution is -2.37. The van der Waals surface area contributed by atoms with Crippen molar-refractivity contribution in [1.29, 1.82) is 0 Å². The third kappa shape index (κ3) is 2.66. The van der Waals surface area contributed by atoms with Crippen LogP contribution in [0.5, 0.6) is 0 Å². The predicted molar refractivity (Wildman–Crippen MR) is 68.4 cm³/mol. The normalized spacial score (nSPS) is 24.3. The molecule has 1 saturated heterocycles. The van der Waals surface area contributed by atoms with E-state index in [1.54, 1.807) is 11.2 Å². The van der Waals surface area contributed by atoms with E-state index in [4.69, 9.17) is 4.74 Å². The highest BCUT2D eigenvalue weighted by molar-refractivity contribution is 5.68. The molecule has 1 aliphatic rings. The fourth-order valence-corrected chi connectivity index (χ4v) is 2.25. The van der Waals surface area contributed by atoms with Gasteiger partial charge in [0, 0.05) is 30.4 Å². The Labute approximate surface area is 108 Å². The second-order valence-electron chi connectivity index (χ2n) is 6.18. The van der Waals surface area contributed by atoms with E-state index in [-0.39, 0.29) is 11.5 Å². The zero-order valence-electron chi connectivity index (χ0n) is 11.5. The Morgan fingerprint density at radius 2 is 2.28 bits per heavy atom. The van der Waals surface area contributed by atoms with Gasteiger partial charge in [0.15, 0.2) is 0 Å². The minimum absolute atomic E-state index is 0.0482. The number of carbonyl (C=O) groups is 1. The van der Waals surface area contributed by atoms with Crippen molar-refractivity contribution in [3.05, 3.63) is 18.2 Å². The Morgan fingerprint density at radius 1 is 1.56 bits per heavy atom. The van der Waals surface area contributed by atoms with E-state index in [0.717, 1.165) is 18.7 Å². The van der Waals surface area contributed by atoms with Gasteiger partial charge in [-0.05, 0) is 27.2 Å². The molecule has 1 amide bonds. The summed E-state index contributed by atoms with van der Waals surface area (Å²) in [6, 6.07) is 0. The fourth-order valence-electron chi connectivity index (χ4n) is 2.25. The fraction of sp³-hybridized carbons (Fsp3) is 0.692. The summed E-state index contributed by atoms with van der Waals surface area (Å²) in [6.07, 6.45) is 4.20. The van der Waals surface area contributed by atoms with Crippen LogP contribution in [-0.2, 0) is 10.2 Å². The number of imidazole rings is 1. The minimum Gasteiger partial charge on any atom is -0.444 e. The number of amides is 1. The Kier molecular flexibility index (Phi) is 3.09. The molecule has 0 spiro atoms. The summed E-state index contributed by atoms with van der Waals surface area (Å²) in [5.41, 5.74) is 0.589. The zero-order valence-corrected chi connectivity index (χ0v) is 11.5. The molecule has 1 fully saturated rings. The van der Waals surface area contributed by atoms with Gasteiger partial charge in [-0.2, -0.15) is 0 Å². The molecule has 1 aromatic rings. The first-order chi connectivity index (χ1) is 8.30. The highest BCUT2D eigenvalue weighted by atomic mass is 16.6. The van der Waals surface area contributed by atoms with Crippen LogP contribution in [-0.4, -0.2) is 39.7 Å². The maximum absolute atomic E-state index is 12.0. The maximum Gasteiger partial charge on any atom is 0.410 e. The van der Waals surface area contributed by atoms with E-state index >= 15 is 0 Å². The van der Waals surface area contributed by atoms with Gasteiger partial charge in [-0.3, -0.25) is 0 Å². The maximum atomic E-state index is 12.0. The number of nitrogens with one attached hydrogen (secondary N) is 1. The van der Waals surface area contributed by atoms with Crippen LogP contribution < -0.4 is 0 Å². The van der Waals surface area contributed by atoms with Gasteiger partial charge in [0.25, 0.3) is 0 Å². The van der Waals surface area contributed by atoms with Gasteiger partial charge >= 0.3 is 6.09 Å². The van der Waals surface area contributed by atoms with Crippen LogP contribution in [0.1, 0.15) is 39.8 Å². The summed E-state index contributed by atoms with van der Waals surface area (Å²) in [7, 11) is 0. The number of hydrogen-bond acceptors (Lipinski definition) is 3. The summed E-state index contributed by atoms with van der Waals surface area (Å²) in [4.78, 5) is 21.0. The lowest BCUT2D eigenvalue weighted by atomic mass is 9.86. The number of rotatable bonds is 1. The van der Waals surface area contributed by atoms with E-state index in [0.29, 0.717) is 6.54 Å². The smallest absolute Gasteiger partial charge is 0.410 e. The third-order valence-corrected chi connectivity index (χ3v) is 3.27. The number of aromatic amines is 1. The van der Waals surface area contributed by atoms with Gasteiger partial charge in [-0.15, -0.1) is 0 Å². The number of likely N-dealkylation sites (tertiary alicyclic amines) is 1. The van der Waals surface area contributed by atoms with E-state index in [1.807, 2.05) is 27.0 Å². The van der Waals surface area contributed by atoms with Crippen LogP contribution in [0.2, 0.25) is 0 Å². The average Bonchev–Trinajstić information content (AvgIpc) is 2.83. The largest absolute Gasteiger partial charge is 0.444 e. The van der Waals surface area contributed by atoms with E-state index < -0.39 is 5.60 Å². The van der Waals surface area contributed by atoms with Gasteiger partial charge in [0.2, 0.25) is 0 Å². The van der Waals surface area contributed by atoms with Gasteiger partial charge in [-0.25, -0.2) is 9.78 Å². The first-order valence-electron chi connectivity index (χ1n) is 6.27. The number of carbonyl (C=O) groups excluding carboxylic acids is 1. The van der Waals surface area contributed by atoms with Crippen molar-refractivity contribution in [3.8, 4) is 0 Å². The van der Waals surface area contributed by atoms with Crippen molar-refractivity contribution in [1.82, 2.24) is 14.9 Å². The first kappa shape index (κ1) is 12.9. The topological polar surface area (TPSA) is 58.2 Å². The van der Waals surface area contributed by atoms with Crippen LogP contribution in [0, 0.1) is 0 Å². The van der Waals surface area contributed by atoms with Gasteiger partial charge in [0.05, 0.1) is 6.33 Å². The molecule has 100 valence electrons. The van der Waals surface area contributed by atoms with Crippen LogP contribution in [0.15, 0.2) is 12.5 Å². The first-order valence-corrected chi connectivity index (χ1v) is 6.27. The van der Waals surface area contributed by atoms with Crippen LogP contribution in [0.4, 0.5) is 4.79 Å². The molecular weight excluding hydrogens is 230 g/mol. The lowest BCUT2D eigenvalue weighted by molar-refractivity contribution is 0.0285. The molecule has 1 aromatic heterocycles. The highest BCUT2D eigenvalue weighted by Gasteiger charge is 2.39. The summed E-state index contributed by atoms with van der Waals surface area (Å²) in [6.45, 7) is 9.19. The molecular formula is C13H21N3O2. The van der Waals surface area contributed by atoms with Crippen LogP contribution in [0.25, 0.3) is 0 Å². The van der Waals surface area contributed by atoms with Gasteiger partial charge in [-0.1, -0.05) is 6.92 Å². The molecule has 1 aliphatic heterocycles. The van der Waals surface area contributed by atoms with E-state index in [1.165, 1.54) is 0 Å². The lowest BCUT2D eigenvalue weighted by Gasteiger charge is -2.26. The van der Waals surface area contributed by atoms with Crippen LogP contribution >= 0.6 is 0 Å². The van der Waals surface area contributed by atoms with E-state index in [9.17, 15) is 4.79 Å². The molecule has 0 radical (unpaired) electrons. The standard InChI is InChI=1S/C13H21N3O2/c1-12(2,3)18-11(17)16-6-5-13(4,8-16)10-7-14-9-15-10/h7,9H,5-6,8H2,1-4H3,(H,14,15). The number of H-pyrrole nitrogens is 1. The predicted octanol–water partition coefficient (Wildman–Crippen LogP) is 2.31. The monoisotopic (exact) mass is 251 g/mol. The minimum atomic E-state index is -0.440. The van der Waals surface area contributed by atoms with Gasteiger partial charge < -0.3 is 14.6 Å². The SMILES string of the molecule is CC(C)(C)OC(=O)N1CCC(C)(c2cnc[nH]2)C1. The molecule has 2 rings (SSSR count). The molecule has 2 heterocycles. The quantitative estimate of drug-likeness (QED) is 0.833. The molecule has 5 heteroatoms. The molecule has 0 saturated carbocycles. The van der Waals surface area contributed by atoms with Crippen molar-refractivity contribution in [3.63, 3.8) is 0 Å². The number of hydrogen-bond donors (Lipinski definition) is 1. The number of ether oxygens (including phenoxy) is 1. The van der Waals surface area contributed by atoms with E-state index in [2.05, 4.69) is 16.9 Å². The van der Waals surface area contributed by atoms with Crippen molar-refractivity contribution in [2.75, 3.05) is 13.1 Å². The van der Waals surface area contributed by atoms with Crippen molar-refractivity contribution in [2.24, 2.45) is 0 Å². The number of nitrogens with zero attached hydrogens (tertiary/aromatic N) is 2. The molecule has 1 N–H and O–H groups in total. The Morgan fingerprint density at radius 3 is 2.83 bits per heavy atom. The molecule has 18 heavy (non-hydrogen) atoms. The Bertz CT molecular complexity index is 422. The average molecular weight is 251 g/mol. The Balaban J connectivity index is 2.02. The van der Waals surface area contributed by atoms with Crippen molar-refractivity contribution >= 4 is 6.09 Å². The zero-order chi connectivity index (χ0) is 13.4. The molecule has 0 aromatic carbocycles. The van der Waals surface area contributed by atoms with Crippen LogP contribution in [0.3, 0.4) is 0 Å². The van der Waals surface area contributed by atoms with Crippen molar-refractivity contribution < 1.29 is 9.53 Å². The third-order valence-electron chi connectivity index (χ3n) is 3.27. The summed E-state index contributed by atoms with van der Waals surface area (Å²) in [5.74, 6) is 0. The highest BCUT2D eigenvalue weighted by Crippen LogP contribution is 2.33. The Hall–Kier alpha value is -1.52. The molecule has 1 atom stereocenters. The number of aromatic nitrogens is 2.